The van der Waals surface area contributed by atoms with Crippen molar-refractivity contribution in [1.82, 2.24) is 10.2 Å². The maximum Gasteiger partial charge on any atom is 0.264 e. The molecule has 0 bridgehead atoms. The molecule has 0 spiro atoms. The highest BCUT2D eigenvalue weighted by Gasteiger charge is 2.34. The molecule has 0 aliphatic heterocycles. The van der Waals surface area contributed by atoms with E-state index in [1.54, 1.807) is 36.4 Å². The molecular weight excluding hydrogens is 589 g/mol. The summed E-state index contributed by atoms with van der Waals surface area (Å²) in [6.45, 7) is 7.45. The summed E-state index contributed by atoms with van der Waals surface area (Å²) < 4.78 is 43.3. The van der Waals surface area contributed by atoms with Crippen molar-refractivity contribution in [3.05, 3.63) is 131 Å². The molecule has 4 aromatic carbocycles. The number of aryl methyl sites for hydroxylation is 3. The van der Waals surface area contributed by atoms with Crippen LogP contribution in [0.4, 0.5) is 10.1 Å². The Hall–Kier alpha value is -4.50. The lowest BCUT2D eigenvalue weighted by Crippen LogP contribution is -2.53. The number of hydrogen-bond acceptors (Lipinski definition) is 4. The van der Waals surface area contributed by atoms with Crippen LogP contribution in [0.25, 0.3) is 0 Å². The van der Waals surface area contributed by atoms with Crippen LogP contribution in [0.1, 0.15) is 41.2 Å². The first-order valence-corrected chi connectivity index (χ1v) is 16.5. The lowest BCUT2D eigenvalue weighted by atomic mass is 10.0. The molecule has 0 aliphatic carbocycles. The van der Waals surface area contributed by atoms with E-state index in [0.717, 1.165) is 26.6 Å². The average molecular weight is 630 g/mol. The number of nitrogens with zero attached hydrogens (tertiary/aromatic N) is 2. The highest BCUT2D eigenvalue weighted by molar-refractivity contribution is 7.92. The van der Waals surface area contributed by atoms with Gasteiger partial charge in [0.1, 0.15) is 18.4 Å². The van der Waals surface area contributed by atoms with Gasteiger partial charge < -0.3 is 10.2 Å². The number of sulfonamides is 1. The predicted octanol–water partition coefficient (Wildman–Crippen LogP) is 6.11. The summed E-state index contributed by atoms with van der Waals surface area (Å²) in [5.41, 5.74) is 4.52. The van der Waals surface area contributed by atoms with Gasteiger partial charge in [-0.25, -0.2) is 12.8 Å². The monoisotopic (exact) mass is 629 g/mol. The predicted molar refractivity (Wildman–Crippen MR) is 176 cm³/mol. The standard InChI is InChI=1S/C36H40FN3O4S/c1-5-21-38-36(42)34(23-29-9-7-6-8-10-29)39(24-30-14-16-31(37)17-15-30)35(41)25-40(32-18-13-27(3)28(4)22-32)45(43,44)33-19-11-26(2)12-20-33/h6-20,22,34H,5,21,23-25H2,1-4H3,(H,38,42)/t34-/m0/s1. The van der Waals surface area contributed by atoms with Crippen LogP contribution >= 0.6 is 0 Å². The summed E-state index contributed by atoms with van der Waals surface area (Å²) in [4.78, 5) is 29.6. The number of halogens is 1. The highest BCUT2D eigenvalue weighted by atomic mass is 32.2. The summed E-state index contributed by atoms with van der Waals surface area (Å²) in [6, 6.07) is 25.8. The minimum atomic E-state index is -4.19. The maximum absolute atomic E-state index is 14.5. The Morgan fingerprint density at radius 1 is 0.822 bits per heavy atom. The molecule has 0 saturated heterocycles. The van der Waals surface area contributed by atoms with Crippen molar-refractivity contribution in [2.24, 2.45) is 0 Å². The van der Waals surface area contributed by atoms with E-state index in [-0.39, 0.29) is 23.8 Å². The molecule has 0 radical (unpaired) electrons. The first-order valence-electron chi connectivity index (χ1n) is 15.0. The number of anilines is 1. The third-order valence-electron chi connectivity index (χ3n) is 7.75. The number of nitrogens with one attached hydrogen (secondary N) is 1. The summed E-state index contributed by atoms with van der Waals surface area (Å²) in [5, 5.41) is 2.92. The molecule has 0 heterocycles. The van der Waals surface area contributed by atoms with E-state index in [1.165, 1.54) is 29.2 Å². The third kappa shape index (κ3) is 8.57. The molecule has 236 valence electrons. The Morgan fingerprint density at radius 3 is 2.11 bits per heavy atom. The van der Waals surface area contributed by atoms with Crippen LogP contribution in [0.5, 0.6) is 0 Å². The Kier molecular flexibility index (Phi) is 11.1. The SMILES string of the molecule is CCCNC(=O)[C@H](Cc1ccccc1)N(Cc1ccc(F)cc1)C(=O)CN(c1ccc(C)c(C)c1)S(=O)(=O)c1ccc(C)cc1. The van der Waals surface area contributed by atoms with Crippen molar-refractivity contribution in [1.29, 1.82) is 0 Å². The first-order chi connectivity index (χ1) is 21.5. The number of carbonyl (C=O) groups excluding carboxylic acids is 2. The van der Waals surface area contributed by atoms with E-state index in [9.17, 15) is 22.4 Å². The van der Waals surface area contributed by atoms with E-state index in [4.69, 9.17) is 0 Å². The van der Waals surface area contributed by atoms with Crippen molar-refractivity contribution in [3.63, 3.8) is 0 Å². The van der Waals surface area contributed by atoms with Gasteiger partial charge in [0.05, 0.1) is 10.6 Å². The van der Waals surface area contributed by atoms with Crippen LogP contribution in [0, 0.1) is 26.6 Å². The third-order valence-corrected chi connectivity index (χ3v) is 9.54. The molecule has 4 aromatic rings. The van der Waals surface area contributed by atoms with E-state index in [2.05, 4.69) is 5.32 Å². The molecule has 4 rings (SSSR count). The maximum atomic E-state index is 14.5. The number of benzene rings is 4. The van der Waals surface area contributed by atoms with Crippen LogP contribution < -0.4 is 9.62 Å². The summed E-state index contributed by atoms with van der Waals surface area (Å²) >= 11 is 0. The molecule has 0 aromatic heterocycles. The van der Waals surface area contributed by atoms with Crippen LogP contribution in [0.15, 0.2) is 102 Å². The Morgan fingerprint density at radius 2 is 1.49 bits per heavy atom. The van der Waals surface area contributed by atoms with E-state index in [1.807, 2.05) is 64.1 Å². The van der Waals surface area contributed by atoms with Crippen LogP contribution in [-0.2, 0) is 32.6 Å². The zero-order chi connectivity index (χ0) is 32.6. The number of carbonyl (C=O) groups is 2. The summed E-state index contributed by atoms with van der Waals surface area (Å²) in [6.07, 6.45) is 0.905. The number of rotatable bonds is 13. The minimum absolute atomic E-state index is 0.0263. The topological polar surface area (TPSA) is 86.8 Å². The van der Waals surface area contributed by atoms with Crippen LogP contribution in [0.3, 0.4) is 0 Å². The smallest absolute Gasteiger partial charge is 0.264 e. The van der Waals surface area contributed by atoms with Crippen molar-refractivity contribution in [2.75, 3.05) is 17.4 Å². The Balaban J connectivity index is 1.81. The number of hydrogen-bond donors (Lipinski definition) is 1. The van der Waals surface area contributed by atoms with Gasteiger partial charge in [0.2, 0.25) is 11.8 Å². The lowest BCUT2D eigenvalue weighted by Gasteiger charge is -2.34. The molecule has 1 atom stereocenters. The van der Waals surface area contributed by atoms with Gasteiger partial charge in [0.25, 0.3) is 10.0 Å². The summed E-state index contributed by atoms with van der Waals surface area (Å²) in [7, 11) is -4.19. The van der Waals surface area contributed by atoms with Gasteiger partial charge in [-0.3, -0.25) is 13.9 Å². The van der Waals surface area contributed by atoms with Crippen LogP contribution in [-0.4, -0.2) is 44.3 Å². The molecule has 0 fully saturated rings. The summed E-state index contributed by atoms with van der Waals surface area (Å²) in [5.74, 6) is -1.35. The molecule has 1 N–H and O–H groups in total. The largest absolute Gasteiger partial charge is 0.354 e. The van der Waals surface area contributed by atoms with Crippen molar-refractivity contribution in [3.8, 4) is 0 Å². The second kappa shape index (κ2) is 15.0. The van der Waals surface area contributed by atoms with Crippen molar-refractivity contribution in [2.45, 2.75) is 58.0 Å². The molecule has 9 heteroatoms. The second-order valence-electron chi connectivity index (χ2n) is 11.2. The van der Waals surface area contributed by atoms with E-state index >= 15 is 0 Å². The van der Waals surface area contributed by atoms with E-state index < -0.39 is 34.3 Å². The quantitative estimate of drug-likeness (QED) is 0.193. The average Bonchev–Trinajstić information content (AvgIpc) is 3.03. The highest BCUT2D eigenvalue weighted by Crippen LogP contribution is 2.27. The normalized spacial score (nSPS) is 11.9. The van der Waals surface area contributed by atoms with Crippen molar-refractivity contribution >= 4 is 27.5 Å². The Labute approximate surface area is 265 Å². The van der Waals surface area contributed by atoms with E-state index in [0.29, 0.717) is 24.2 Å². The molecule has 2 amide bonds. The van der Waals surface area contributed by atoms with Gasteiger partial charge in [-0.05, 0) is 85.8 Å². The second-order valence-corrected chi connectivity index (χ2v) is 13.1. The van der Waals surface area contributed by atoms with Gasteiger partial charge in [0.15, 0.2) is 0 Å². The van der Waals surface area contributed by atoms with Gasteiger partial charge in [-0.15, -0.1) is 0 Å². The van der Waals surface area contributed by atoms with Gasteiger partial charge in [-0.2, -0.15) is 0 Å². The molecular formula is C36H40FN3O4S. The lowest BCUT2D eigenvalue weighted by molar-refractivity contribution is -0.140. The van der Waals surface area contributed by atoms with Crippen molar-refractivity contribution < 1.29 is 22.4 Å². The molecule has 0 unspecified atom stereocenters. The number of amides is 2. The van der Waals surface area contributed by atoms with Crippen LogP contribution in [0.2, 0.25) is 0 Å². The minimum Gasteiger partial charge on any atom is -0.354 e. The zero-order valence-electron chi connectivity index (χ0n) is 26.2. The van der Waals surface area contributed by atoms with Gasteiger partial charge in [0, 0.05) is 19.5 Å². The fourth-order valence-electron chi connectivity index (χ4n) is 4.95. The molecule has 0 aliphatic rings. The molecule has 7 nitrogen and oxygen atoms in total. The zero-order valence-corrected chi connectivity index (χ0v) is 27.0. The van der Waals surface area contributed by atoms with Gasteiger partial charge >= 0.3 is 0 Å². The molecule has 45 heavy (non-hydrogen) atoms. The fraction of sp³-hybridized carbons (Fsp3) is 0.278. The van der Waals surface area contributed by atoms with Gasteiger partial charge in [-0.1, -0.05) is 73.2 Å². The Bertz CT molecular complexity index is 1710. The molecule has 0 saturated carbocycles. The fourth-order valence-corrected chi connectivity index (χ4v) is 6.36. The first kappa shape index (κ1) is 33.4.